The van der Waals surface area contributed by atoms with Gasteiger partial charge in [-0.3, -0.25) is 9.59 Å². The average molecular weight is 493 g/mol. The number of nitrogens with one attached hydrogen (secondary N) is 1. The predicted octanol–water partition coefficient (Wildman–Crippen LogP) is 5.53. The fourth-order valence-corrected chi connectivity index (χ4v) is 4.80. The molecule has 0 unspecified atom stereocenters. The summed E-state index contributed by atoms with van der Waals surface area (Å²) in [6.07, 6.45) is 1.22. The van der Waals surface area contributed by atoms with Gasteiger partial charge < -0.3 is 10.2 Å². The lowest BCUT2D eigenvalue weighted by Crippen LogP contribution is -2.51. The van der Waals surface area contributed by atoms with Gasteiger partial charge in [-0.25, -0.2) is 4.39 Å². The largest absolute Gasteiger partial charge is 0.354 e. The minimum Gasteiger partial charge on any atom is -0.354 e. The Morgan fingerprint density at radius 3 is 2.31 bits per heavy atom. The van der Waals surface area contributed by atoms with Gasteiger partial charge in [-0.1, -0.05) is 73.7 Å². The van der Waals surface area contributed by atoms with Crippen LogP contribution in [0.25, 0.3) is 0 Å². The van der Waals surface area contributed by atoms with E-state index >= 15 is 0 Å². The molecule has 0 spiro atoms. The van der Waals surface area contributed by atoms with Gasteiger partial charge in [0, 0.05) is 25.3 Å². The molecule has 1 atom stereocenters. The predicted molar refractivity (Wildman–Crippen MR) is 142 cm³/mol. The van der Waals surface area contributed by atoms with Crippen molar-refractivity contribution in [2.75, 3.05) is 12.3 Å². The van der Waals surface area contributed by atoms with Crippen LogP contribution in [0.2, 0.25) is 0 Å². The van der Waals surface area contributed by atoms with Crippen molar-refractivity contribution in [1.82, 2.24) is 10.2 Å². The number of halogens is 1. The molecule has 3 aromatic carbocycles. The van der Waals surface area contributed by atoms with Crippen molar-refractivity contribution in [2.24, 2.45) is 0 Å². The first-order valence-corrected chi connectivity index (χ1v) is 13.1. The number of aryl methyl sites for hydroxylation is 1. The molecular formula is C29H33FN2O2S. The first-order valence-electron chi connectivity index (χ1n) is 12.0. The van der Waals surface area contributed by atoms with Crippen molar-refractivity contribution in [3.8, 4) is 0 Å². The number of rotatable bonds is 12. The van der Waals surface area contributed by atoms with Crippen molar-refractivity contribution in [1.29, 1.82) is 0 Å². The fourth-order valence-electron chi connectivity index (χ4n) is 3.81. The molecule has 0 aliphatic carbocycles. The summed E-state index contributed by atoms with van der Waals surface area (Å²) in [4.78, 5) is 28.5. The maximum absolute atomic E-state index is 13.6. The molecule has 3 rings (SSSR count). The molecule has 35 heavy (non-hydrogen) atoms. The van der Waals surface area contributed by atoms with Crippen LogP contribution in [-0.2, 0) is 28.3 Å². The summed E-state index contributed by atoms with van der Waals surface area (Å²) in [6, 6.07) is 23.3. The summed E-state index contributed by atoms with van der Waals surface area (Å²) in [5, 5.41) is 2.97. The molecule has 4 nitrogen and oxygen atoms in total. The van der Waals surface area contributed by atoms with Crippen LogP contribution in [0.4, 0.5) is 4.39 Å². The maximum atomic E-state index is 13.6. The van der Waals surface area contributed by atoms with Crippen molar-refractivity contribution in [3.63, 3.8) is 0 Å². The molecule has 0 saturated carbocycles. The Bertz CT molecular complexity index is 1090. The summed E-state index contributed by atoms with van der Waals surface area (Å²) in [5.74, 6) is 0.355. The zero-order valence-electron chi connectivity index (χ0n) is 20.4. The molecule has 0 aliphatic rings. The Kier molecular flexibility index (Phi) is 10.4. The lowest BCUT2D eigenvalue weighted by atomic mass is 10.0. The minimum atomic E-state index is -0.666. The second kappa shape index (κ2) is 13.7. The second-order valence-corrected chi connectivity index (χ2v) is 9.55. The van der Waals surface area contributed by atoms with Gasteiger partial charge in [0.25, 0.3) is 0 Å². The molecule has 0 bridgehead atoms. The van der Waals surface area contributed by atoms with Gasteiger partial charge in [0.15, 0.2) is 0 Å². The van der Waals surface area contributed by atoms with Crippen LogP contribution in [0.1, 0.15) is 35.6 Å². The highest BCUT2D eigenvalue weighted by atomic mass is 32.2. The van der Waals surface area contributed by atoms with Crippen LogP contribution in [-0.4, -0.2) is 35.1 Å². The monoisotopic (exact) mass is 492 g/mol. The lowest BCUT2D eigenvalue weighted by Gasteiger charge is -2.31. The highest BCUT2D eigenvalue weighted by Gasteiger charge is 2.30. The molecule has 0 saturated heterocycles. The topological polar surface area (TPSA) is 49.4 Å². The van der Waals surface area contributed by atoms with Gasteiger partial charge in [-0.2, -0.15) is 0 Å². The highest BCUT2D eigenvalue weighted by molar-refractivity contribution is 7.99. The molecule has 6 heteroatoms. The number of carbonyl (C=O) groups is 2. The SMILES string of the molecule is CCCNC(=O)[C@H](Cc1ccccc1)N(Cc1ccc(F)cc1)C(=O)CSCc1ccccc1C. The summed E-state index contributed by atoms with van der Waals surface area (Å²) in [6.45, 7) is 4.84. The van der Waals surface area contributed by atoms with Crippen LogP contribution < -0.4 is 5.32 Å². The van der Waals surface area contributed by atoms with Crippen LogP contribution in [0, 0.1) is 12.7 Å². The first-order chi connectivity index (χ1) is 17.0. The van der Waals surface area contributed by atoms with E-state index in [9.17, 15) is 14.0 Å². The third kappa shape index (κ3) is 8.25. The van der Waals surface area contributed by atoms with Gasteiger partial charge in [0.05, 0.1) is 5.75 Å². The number of hydrogen-bond acceptors (Lipinski definition) is 3. The average Bonchev–Trinajstić information content (AvgIpc) is 2.87. The van der Waals surface area contributed by atoms with E-state index in [2.05, 4.69) is 24.4 Å². The van der Waals surface area contributed by atoms with E-state index in [0.717, 1.165) is 17.5 Å². The summed E-state index contributed by atoms with van der Waals surface area (Å²) in [5.41, 5.74) is 4.15. The van der Waals surface area contributed by atoms with Crippen molar-refractivity contribution < 1.29 is 14.0 Å². The summed E-state index contributed by atoms with van der Waals surface area (Å²) in [7, 11) is 0. The second-order valence-electron chi connectivity index (χ2n) is 8.56. The van der Waals surface area contributed by atoms with Gasteiger partial charge in [0.2, 0.25) is 11.8 Å². The Morgan fingerprint density at radius 2 is 1.63 bits per heavy atom. The molecule has 0 heterocycles. The smallest absolute Gasteiger partial charge is 0.243 e. The van der Waals surface area contributed by atoms with E-state index < -0.39 is 6.04 Å². The maximum Gasteiger partial charge on any atom is 0.243 e. The third-order valence-corrected chi connectivity index (χ3v) is 6.80. The number of nitrogens with zero attached hydrogens (tertiary/aromatic N) is 1. The Balaban J connectivity index is 1.83. The molecule has 0 aromatic heterocycles. The molecule has 184 valence electrons. The number of amides is 2. The number of hydrogen-bond donors (Lipinski definition) is 1. The van der Waals surface area contributed by atoms with Crippen LogP contribution in [0.15, 0.2) is 78.9 Å². The number of thioether (sulfide) groups is 1. The van der Waals surface area contributed by atoms with Gasteiger partial charge in [0.1, 0.15) is 11.9 Å². The molecular weight excluding hydrogens is 459 g/mol. The molecule has 0 fully saturated rings. The minimum absolute atomic E-state index is 0.111. The Morgan fingerprint density at radius 1 is 0.943 bits per heavy atom. The zero-order chi connectivity index (χ0) is 25.0. The van der Waals surface area contributed by atoms with E-state index in [1.807, 2.05) is 49.4 Å². The lowest BCUT2D eigenvalue weighted by molar-refractivity contribution is -0.139. The molecule has 0 radical (unpaired) electrons. The van der Waals surface area contributed by atoms with E-state index in [0.29, 0.717) is 18.7 Å². The van der Waals surface area contributed by atoms with E-state index in [-0.39, 0.29) is 29.9 Å². The van der Waals surface area contributed by atoms with E-state index in [1.165, 1.54) is 23.3 Å². The van der Waals surface area contributed by atoms with Crippen molar-refractivity contribution in [3.05, 3.63) is 107 Å². The molecule has 0 aliphatic heterocycles. The highest BCUT2D eigenvalue weighted by Crippen LogP contribution is 2.20. The van der Waals surface area contributed by atoms with E-state index in [4.69, 9.17) is 0 Å². The van der Waals surface area contributed by atoms with Crippen LogP contribution in [0.5, 0.6) is 0 Å². The molecule has 1 N–H and O–H groups in total. The number of carbonyl (C=O) groups excluding carboxylic acids is 2. The Hall–Kier alpha value is -3.12. The van der Waals surface area contributed by atoms with Crippen LogP contribution >= 0.6 is 11.8 Å². The van der Waals surface area contributed by atoms with Gasteiger partial charge in [-0.15, -0.1) is 11.8 Å². The summed E-state index contributed by atoms with van der Waals surface area (Å²) >= 11 is 1.54. The standard InChI is InChI=1S/C29H33FN2O2S/c1-3-17-31-29(34)27(18-23-10-5-4-6-11-23)32(19-24-13-15-26(30)16-14-24)28(33)21-35-20-25-12-8-7-9-22(25)2/h4-16,27H,3,17-21H2,1-2H3,(H,31,34)/t27-/m0/s1. The van der Waals surface area contributed by atoms with Crippen molar-refractivity contribution >= 4 is 23.6 Å². The third-order valence-electron chi connectivity index (χ3n) is 5.83. The summed E-state index contributed by atoms with van der Waals surface area (Å²) < 4.78 is 13.5. The van der Waals surface area contributed by atoms with Gasteiger partial charge in [-0.05, 0) is 47.7 Å². The quantitative estimate of drug-likeness (QED) is 0.362. The molecule has 2 amide bonds. The first kappa shape index (κ1) is 26.5. The van der Waals surface area contributed by atoms with Crippen molar-refractivity contribution in [2.45, 2.75) is 45.0 Å². The normalized spacial score (nSPS) is 11.6. The zero-order valence-corrected chi connectivity index (χ0v) is 21.2. The fraction of sp³-hybridized carbons (Fsp3) is 0.310. The molecule has 3 aromatic rings. The van der Waals surface area contributed by atoms with Gasteiger partial charge >= 0.3 is 0 Å². The van der Waals surface area contributed by atoms with E-state index in [1.54, 1.807) is 28.8 Å². The number of benzene rings is 3. The Labute approximate surface area is 211 Å². The van der Waals surface area contributed by atoms with Crippen LogP contribution in [0.3, 0.4) is 0 Å².